The number of amides is 2. The molecule has 0 aliphatic carbocycles. The Balaban J connectivity index is 2.02. The van der Waals surface area contributed by atoms with Gasteiger partial charge < -0.3 is 21.3 Å². The standard InChI is InChI=1S/C14H22N4O2S/c1-3-5-16-14(20)13-11(15)7-12(21-13)18-6-4-10(8-18)17-9(2)19/h7,10H,3-6,8,15H2,1-2H3,(H,16,20)(H,17,19). The van der Waals surface area contributed by atoms with E-state index in [4.69, 9.17) is 5.73 Å². The predicted molar refractivity (Wildman–Crippen MR) is 85.8 cm³/mol. The first kappa shape index (κ1) is 15.6. The zero-order valence-electron chi connectivity index (χ0n) is 12.4. The topological polar surface area (TPSA) is 87.5 Å². The molecule has 1 saturated heterocycles. The van der Waals surface area contributed by atoms with Crippen LogP contribution in [0.5, 0.6) is 0 Å². The third-order valence-electron chi connectivity index (χ3n) is 3.40. The van der Waals surface area contributed by atoms with E-state index in [2.05, 4.69) is 15.5 Å². The van der Waals surface area contributed by atoms with Crippen LogP contribution in [-0.2, 0) is 4.79 Å². The van der Waals surface area contributed by atoms with Crippen molar-refractivity contribution < 1.29 is 9.59 Å². The van der Waals surface area contributed by atoms with Gasteiger partial charge in [0.25, 0.3) is 5.91 Å². The van der Waals surface area contributed by atoms with Gasteiger partial charge in [-0.15, -0.1) is 11.3 Å². The van der Waals surface area contributed by atoms with Crippen LogP contribution in [0.25, 0.3) is 0 Å². The van der Waals surface area contributed by atoms with Crippen LogP contribution in [0.2, 0.25) is 0 Å². The molecule has 0 saturated carbocycles. The number of carbonyl (C=O) groups is 2. The average Bonchev–Trinajstić information content (AvgIpc) is 3.02. The first-order valence-corrected chi connectivity index (χ1v) is 8.02. The van der Waals surface area contributed by atoms with E-state index in [-0.39, 0.29) is 17.9 Å². The monoisotopic (exact) mass is 310 g/mol. The molecule has 2 amide bonds. The molecule has 1 fully saturated rings. The van der Waals surface area contributed by atoms with E-state index in [0.29, 0.717) is 17.1 Å². The molecule has 2 heterocycles. The van der Waals surface area contributed by atoms with E-state index >= 15 is 0 Å². The number of nitrogens with two attached hydrogens (primary N) is 1. The van der Waals surface area contributed by atoms with Crippen LogP contribution in [0.1, 0.15) is 36.4 Å². The lowest BCUT2D eigenvalue weighted by Gasteiger charge is -2.16. The molecule has 1 aromatic rings. The minimum absolute atomic E-state index is 0.00724. The molecule has 116 valence electrons. The van der Waals surface area contributed by atoms with Gasteiger partial charge in [-0.2, -0.15) is 0 Å². The first-order valence-electron chi connectivity index (χ1n) is 7.20. The van der Waals surface area contributed by atoms with Crippen molar-refractivity contribution in [3.05, 3.63) is 10.9 Å². The maximum atomic E-state index is 12.0. The molecule has 0 aromatic carbocycles. The zero-order chi connectivity index (χ0) is 15.4. The summed E-state index contributed by atoms with van der Waals surface area (Å²) in [6.45, 7) is 5.81. The third-order valence-corrected chi connectivity index (χ3v) is 4.61. The highest BCUT2D eigenvalue weighted by molar-refractivity contribution is 7.18. The summed E-state index contributed by atoms with van der Waals surface area (Å²) < 4.78 is 0. The Morgan fingerprint density at radius 1 is 1.52 bits per heavy atom. The summed E-state index contributed by atoms with van der Waals surface area (Å²) in [7, 11) is 0. The summed E-state index contributed by atoms with van der Waals surface area (Å²) in [6.07, 6.45) is 1.81. The van der Waals surface area contributed by atoms with Crippen molar-refractivity contribution in [2.75, 3.05) is 30.3 Å². The number of nitrogens with one attached hydrogen (secondary N) is 2. The molecule has 0 spiro atoms. The van der Waals surface area contributed by atoms with Gasteiger partial charge in [-0.05, 0) is 18.9 Å². The van der Waals surface area contributed by atoms with E-state index < -0.39 is 0 Å². The molecule has 1 unspecified atom stereocenters. The Bertz CT molecular complexity index is 529. The van der Waals surface area contributed by atoms with Crippen LogP contribution in [0.15, 0.2) is 6.07 Å². The first-order chi connectivity index (χ1) is 10.0. The quantitative estimate of drug-likeness (QED) is 0.762. The summed E-state index contributed by atoms with van der Waals surface area (Å²) >= 11 is 1.41. The highest BCUT2D eigenvalue weighted by Gasteiger charge is 2.26. The van der Waals surface area contributed by atoms with Crippen molar-refractivity contribution >= 4 is 33.8 Å². The van der Waals surface area contributed by atoms with Gasteiger partial charge in [0.2, 0.25) is 5.91 Å². The van der Waals surface area contributed by atoms with Crippen molar-refractivity contribution in [2.45, 2.75) is 32.7 Å². The molecule has 1 aliphatic heterocycles. The minimum Gasteiger partial charge on any atom is -0.397 e. The van der Waals surface area contributed by atoms with Gasteiger partial charge in [0.15, 0.2) is 0 Å². The van der Waals surface area contributed by atoms with Crippen LogP contribution >= 0.6 is 11.3 Å². The number of nitrogen functional groups attached to an aromatic ring is 1. The molecule has 0 bridgehead atoms. The molecular weight excluding hydrogens is 288 g/mol. The van der Waals surface area contributed by atoms with Gasteiger partial charge in [-0.3, -0.25) is 9.59 Å². The molecule has 2 rings (SSSR count). The predicted octanol–water partition coefficient (Wildman–Crippen LogP) is 1.18. The van der Waals surface area contributed by atoms with Gasteiger partial charge in [0, 0.05) is 32.6 Å². The number of hydrogen-bond donors (Lipinski definition) is 3. The van der Waals surface area contributed by atoms with Crippen LogP contribution in [0, 0.1) is 0 Å². The normalized spacial score (nSPS) is 17.8. The van der Waals surface area contributed by atoms with Crippen molar-refractivity contribution in [3.63, 3.8) is 0 Å². The van der Waals surface area contributed by atoms with Gasteiger partial charge >= 0.3 is 0 Å². The Hall–Kier alpha value is -1.76. The van der Waals surface area contributed by atoms with Crippen LogP contribution in [-0.4, -0.2) is 37.5 Å². The Labute approximate surface area is 128 Å². The largest absolute Gasteiger partial charge is 0.397 e. The summed E-state index contributed by atoms with van der Waals surface area (Å²) in [6, 6.07) is 2.02. The number of hydrogen-bond acceptors (Lipinski definition) is 5. The number of nitrogens with zero attached hydrogens (tertiary/aromatic N) is 1. The van der Waals surface area contributed by atoms with Crippen LogP contribution < -0.4 is 21.3 Å². The van der Waals surface area contributed by atoms with Gasteiger partial charge in [0.1, 0.15) is 4.88 Å². The van der Waals surface area contributed by atoms with E-state index in [1.807, 2.05) is 13.0 Å². The fraction of sp³-hybridized carbons (Fsp3) is 0.571. The van der Waals surface area contributed by atoms with Crippen molar-refractivity contribution in [2.24, 2.45) is 0 Å². The van der Waals surface area contributed by atoms with Gasteiger partial charge in [0.05, 0.1) is 10.7 Å². The van der Waals surface area contributed by atoms with Crippen molar-refractivity contribution in [1.82, 2.24) is 10.6 Å². The molecule has 21 heavy (non-hydrogen) atoms. The second-order valence-electron chi connectivity index (χ2n) is 5.26. The van der Waals surface area contributed by atoms with Crippen LogP contribution in [0.4, 0.5) is 10.7 Å². The zero-order valence-corrected chi connectivity index (χ0v) is 13.3. The fourth-order valence-corrected chi connectivity index (χ4v) is 3.44. The minimum atomic E-state index is -0.108. The maximum absolute atomic E-state index is 12.0. The lowest BCUT2D eigenvalue weighted by Crippen LogP contribution is -2.35. The summed E-state index contributed by atoms with van der Waals surface area (Å²) in [5.41, 5.74) is 6.47. The molecule has 6 nitrogen and oxygen atoms in total. The highest BCUT2D eigenvalue weighted by atomic mass is 32.1. The lowest BCUT2D eigenvalue weighted by atomic mass is 10.3. The SMILES string of the molecule is CCCNC(=O)c1sc(N2CCC(NC(C)=O)C2)cc1N. The lowest BCUT2D eigenvalue weighted by molar-refractivity contribution is -0.119. The summed E-state index contributed by atoms with van der Waals surface area (Å²) in [5, 5.41) is 6.76. The van der Waals surface area contributed by atoms with Gasteiger partial charge in [-0.25, -0.2) is 0 Å². The van der Waals surface area contributed by atoms with E-state index in [1.54, 1.807) is 0 Å². The number of anilines is 2. The van der Waals surface area contributed by atoms with Gasteiger partial charge in [-0.1, -0.05) is 6.92 Å². The van der Waals surface area contributed by atoms with Crippen LogP contribution in [0.3, 0.4) is 0 Å². The average molecular weight is 310 g/mol. The van der Waals surface area contributed by atoms with E-state index in [1.165, 1.54) is 18.3 Å². The summed E-state index contributed by atoms with van der Waals surface area (Å²) in [4.78, 5) is 25.8. The number of carbonyl (C=O) groups excluding carboxylic acids is 2. The Morgan fingerprint density at radius 2 is 2.29 bits per heavy atom. The fourth-order valence-electron chi connectivity index (χ4n) is 2.41. The molecule has 1 aromatic heterocycles. The summed E-state index contributed by atoms with van der Waals surface area (Å²) in [5.74, 6) is -0.115. The second-order valence-corrected chi connectivity index (χ2v) is 6.29. The molecule has 1 aliphatic rings. The van der Waals surface area contributed by atoms with Crippen molar-refractivity contribution in [3.8, 4) is 0 Å². The second kappa shape index (κ2) is 6.80. The third kappa shape index (κ3) is 3.87. The van der Waals surface area contributed by atoms with E-state index in [9.17, 15) is 9.59 Å². The molecule has 0 radical (unpaired) electrons. The molecule has 7 heteroatoms. The molecule has 4 N–H and O–H groups in total. The molecule has 1 atom stereocenters. The molecular formula is C14H22N4O2S. The van der Waals surface area contributed by atoms with Crippen molar-refractivity contribution in [1.29, 1.82) is 0 Å². The van der Waals surface area contributed by atoms with E-state index in [0.717, 1.165) is 30.9 Å². The Kier molecular flexibility index (Phi) is 5.06. The number of rotatable bonds is 5. The highest BCUT2D eigenvalue weighted by Crippen LogP contribution is 2.34. The maximum Gasteiger partial charge on any atom is 0.263 e. The smallest absolute Gasteiger partial charge is 0.263 e. The Morgan fingerprint density at radius 3 is 2.95 bits per heavy atom. The number of thiophene rings is 1.